The molecular formula is C19H21Cl2F3N4O4. The largest absolute Gasteiger partial charge is 0.474 e. The molecule has 1 aromatic carbocycles. The van der Waals surface area contributed by atoms with E-state index in [1.807, 2.05) is 0 Å². The Morgan fingerprint density at radius 2 is 2.00 bits per heavy atom. The molecule has 0 bridgehead atoms. The lowest BCUT2D eigenvalue weighted by Gasteiger charge is -2.29. The lowest BCUT2D eigenvalue weighted by molar-refractivity contribution is -0.185. The number of guanidine groups is 1. The SMILES string of the molecule is CCOC(=O)[C@H](CCCN=C(N)N)NC(=O)C1=Cc2cc(Cl)cc(Cl)c2O[C@@H]1C(F)(F)F. The minimum absolute atomic E-state index is 0.0143. The van der Waals surface area contributed by atoms with Crippen LogP contribution in [0.15, 0.2) is 22.7 Å². The van der Waals surface area contributed by atoms with Crippen molar-refractivity contribution in [2.45, 2.75) is 38.1 Å². The Morgan fingerprint density at radius 1 is 1.31 bits per heavy atom. The molecule has 0 fully saturated rings. The van der Waals surface area contributed by atoms with Gasteiger partial charge >= 0.3 is 12.1 Å². The van der Waals surface area contributed by atoms with E-state index >= 15 is 0 Å². The van der Waals surface area contributed by atoms with Gasteiger partial charge in [0.05, 0.1) is 17.2 Å². The zero-order valence-electron chi connectivity index (χ0n) is 16.8. The minimum Gasteiger partial charge on any atom is -0.474 e. The second-order valence-electron chi connectivity index (χ2n) is 6.67. The highest BCUT2D eigenvalue weighted by atomic mass is 35.5. The smallest absolute Gasteiger partial charge is 0.429 e. The monoisotopic (exact) mass is 496 g/mol. The van der Waals surface area contributed by atoms with Gasteiger partial charge in [0.2, 0.25) is 6.10 Å². The van der Waals surface area contributed by atoms with Crippen LogP contribution in [0.3, 0.4) is 0 Å². The lowest BCUT2D eigenvalue weighted by atomic mass is 9.99. The normalized spacial score (nSPS) is 16.2. The van der Waals surface area contributed by atoms with Crippen molar-refractivity contribution < 1.29 is 32.2 Å². The van der Waals surface area contributed by atoms with E-state index in [1.165, 1.54) is 12.1 Å². The average molecular weight is 497 g/mol. The van der Waals surface area contributed by atoms with E-state index in [0.717, 1.165) is 6.08 Å². The van der Waals surface area contributed by atoms with Crippen LogP contribution in [0.2, 0.25) is 10.0 Å². The first kappa shape index (κ1) is 25.6. The number of nitrogens with zero attached hydrogens (tertiary/aromatic N) is 1. The molecular weight excluding hydrogens is 476 g/mol. The second-order valence-corrected chi connectivity index (χ2v) is 7.52. The maximum atomic E-state index is 13.7. The Bertz CT molecular complexity index is 934. The van der Waals surface area contributed by atoms with E-state index in [9.17, 15) is 22.8 Å². The Labute approximate surface area is 191 Å². The maximum Gasteiger partial charge on any atom is 0.429 e. The summed E-state index contributed by atoms with van der Waals surface area (Å²) < 4.78 is 50.9. The molecule has 1 heterocycles. The lowest BCUT2D eigenvalue weighted by Crippen LogP contribution is -2.48. The Morgan fingerprint density at radius 3 is 2.59 bits per heavy atom. The Kier molecular flexibility index (Phi) is 8.62. The molecule has 2 rings (SSSR count). The van der Waals surface area contributed by atoms with Gasteiger partial charge in [-0.25, -0.2) is 4.79 Å². The summed E-state index contributed by atoms with van der Waals surface area (Å²) in [5.41, 5.74) is 9.79. The third kappa shape index (κ3) is 6.67. The minimum atomic E-state index is -4.93. The summed E-state index contributed by atoms with van der Waals surface area (Å²) in [6, 6.07) is 1.30. The highest BCUT2D eigenvalue weighted by Crippen LogP contribution is 2.42. The molecule has 0 saturated heterocycles. The van der Waals surface area contributed by atoms with Crippen LogP contribution in [-0.4, -0.2) is 49.3 Å². The van der Waals surface area contributed by atoms with Gasteiger partial charge in [0.25, 0.3) is 5.91 Å². The van der Waals surface area contributed by atoms with E-state index in [2.05, 4.69) is 10.3 Å². The molecule has 176 valence electrons. The number of nitrogens with two attached hydrogens (primary N) is 2. The number of esters is 1. The molecule has 32 heavy (non-hydrogen) atoms. The van der Waals surface area contributed by atoms with Crippen molar-refractivity contribution in [3.05, 3.63) is 33.3 Å². The molecule has 0 unspecified atom stereocenters. The predicted molar refractivity (Wildman–Crippen MR) is 113 cm³/mol. The topological polar surface area (TPSA) is 129 Å². The van der Waals surface area contributed by atoms with Crippen molar-refractivity contribution in [2.75, 3.05) is 13.2 Å². The van der Waals surface area contributed by atoms with Crippen LogP contribution in [0.5, 0.6) is 5.75 Å². The Balaban J connectivity index is 2.32. The summed E-state index contributed by atoms with van der Waals surface area (Å²) in [4.78, 5) is 28.8. The molecule has 2 atom stereocenters. The van der Waals surface area contributed by atoms with Gasteiger partial charge < -0.3 is 26.3 Å². The van der Waals surface area contributed by atoms with Gasteiger partial charge in [0, 0.05) is 17.1 Å². The van der Waals surface area contributed by atoms with Crippen molar-refractivity contribution in [1.82, 2.24) is 5.32 Å². The van der Waals surface area contributed by atoms with Gasteiger partial charge in [-0.2, -0.15) is 13.2 Å². The number of amides is 1. The summed E-state index contributed by atoms with van der Waals surface area (Å²) >= 11 is 11.9. The summed E-state index contributed by atoms with van der Waals surface area (Å²) in [7, 11) is 0. The molecule has 0 saturated carbocycles. The van der Waals surface area contributed by atoms with Gasteiger partial charge in [-0.3, -0.25) is 9.79 Å². The molecule has 0 aromatic heterocycles. The number of ether oxygens (including phenoxy) is 2. The van der Waals surface area contributed by atoms with E-state index in [1.54, 1.807) is 6.92 Å². The predicted octanol–water partition coefficient (Wildman–Crippen LogP) is 2.80. The van der Waals surface area contributed by atoms with Crippen molar-refractivity contribution in [3.63, 3.8) is 0 Å². The number of aliphatic imine (C=N–C) groups is 1. The number of fused-ring (bicyclic) bond motifs is 1. The first-order valence-corrected chi connectivity index (χ1v) is 10.2. The van der Waals surface area contributed by atoms with Crippen molar-refractivity contribution in [1.29, 1.82) is 0 Å². The number of hydrogen-bond acceptors (Lipinski definition) is 5. The van der Waals surface area contributed by atoms with E-state index < -0.39 is 35.8 Å². The summed E-state index contributed by atoms with van der Waals surface area (Å²) in [6.45, 7) is 1.72. The number of rotatable bonds is 8. The quantitative estimate of drug-likeness (QED) is 0.219. The van der Waals surface area contributed by atoms with Crippen LogP contribution in [0, 0.1) is 0 Å². The fourth-order valence-electron chi connectivity index (χ4n) is 2.90. The fraction of sp³-hybridized carbons (Fsp3) is 0.421. The number of benzene rings is 1. The molecule has 1 aliphatic rings. The first-order chi connectivity index (χ1) is 14.9. The molecule has 0 spiro atoms. The highest BCUT2D eigenvalue weighted by molar-refractivity contribution is 6.36. The second kappa shape index (κ2) is 10.8. The molecule has 1 aromatic rings. The van der Waals surface area contributed by atoms with Gasteiger partial charge in [0.15, 0.2) is 5.96 Å². The fourth-order valence-corrected chi connectivity index (χ4v) is 3.45. The number of nitrogens with one attached hydrogen (secondary N) is 1. The third-order valence-corrected chi connectivity index (χ3v) is 4.75. The van der Waals surface area contributed by atoms with Crippen molar-refractivity contribution in [2.24, 2.45) is 16.5 Å². The molecule has 1 aliphatic heterocycles. The zero-order chi connectivity index (χ0) is 24.1. The summed E-state index contributed by atoms with van der Waals surface area (Å²) in [5, 5.41) is 2.29. The van der Waals surface area contributed by atoms with Crippen LogP contribution in [0.4, 0.5) is 13.2 Å². The number of alkyl halides is 3. The number of carbonyl (C=O) groups is 2. The summed E-state index contributed by atoms with van der Waals surface area (Å²) in [6.07, 6.45) is -6.27. The molecule has 5 N–H and O–H groups in total. The number of halogens is 5. The highest BCUT2D eigenvalue weighted by Gasteiger charge is 2.49. The molecule has 13 heteroatoms. The van der Waals surface area contributed by atoms with E-state index in [0.29, 0.717) is 0 Å². The van der Waals surface area contributed by atoms with Gasteiger partial charge in [-0.15, -0.1) is 0 Å². The van der Waals surface area contributed by atoms with Gasteiger partial charge in [-0.1, -0.05) is 23.2 Å². The number of hydrogen-bond donors (Lipinski definition) is 3. The number of carbonyl (C=O) groups excluding carboxylic acids is 2. The molecule has 8 nitrogen and oxygen atoms in total. The van der Waals surface area contributed by atoms with E-state index in [-0.39, 0.29) is 53.3 Å². The van der Waals surface area contributed by atoms with Crippen LogP contribution in [0.25, 0.3) is 6.08 Å². The average Bonchev–Trinajstić information content (AvgIpc) is 2.68. The van der Waals surface area contributed by atoms with Crippen molar-refractivity contribution >= 4 is 47.1 Å². The Hall–Kier alpha value is -2.66. The van der Waals surface area contributed by atoms with Gasteiger partial charge in [0.1, 0.15) is 11.8 Å². The molecule has 0 radical (unpaired) electrons. The molecule has 0 aliphatic carbocycles. The van der Waals surface area contributed by atoms with Crippen LogP contribution in [0.1, 0.15) is 25.3 Å². The summed E-state index contributed by atoms with van der Waals surface area (Å²) in [5.74, 6) is -2.38. The standard InChI is InChI=1S/C19H21Cl2F3N4O4/c1-2-31-17(30)13(4-3-5-27-18(25)26)28-16(29)11-7-9-6-10(20)8-12(21)14(9)32-15(11)19(22,23)24/h6-8,13,15H,2-5H2,1H3,(H,28,29)(H4,25,26,27)/t13-,15-/m0/s1. The van der Waals surface area contributed by atoms with Crippen LogP contribution in [-0.2, 0) is 14.3 Å². The van der Waals surface area contributed by atoms with Crippen molar-refractivity contribution in [3.8, 4) is 5.75 Å². The van der Waals surface area contributed by atoms with Gasteiger partial charge in [-0.05, 0) is 38.0 Å². The van der Waals surface area contributed by atoms with E-state index in [4.69, 9.17) is 44.1 Å². The first-order valence-electron chi connectivity index (χ1n) is 9.41. The van der Waals surface area contributed by atoms with Crippen LogP contribution < -0.4 is 21.5 Å². The maximum absolute atomic E-state index is 13.7. The third-order valence-electron chi connectivity index (χ3n) is 4.25. The zero-order valence-corrected chi connectivity index (χ0v) is 18.4. The molecule has 1 amide bonds. The van der Waals surface area contributed by atoms with Crippen LogP contribution >= 0.6 is 23.2 Å².